The van der Waals surface area contributed by atoms with Crippen LogP contribution in [-0.2, 0) is 22.9 Å². The molecule has 0 unspecified atom stereocenters. The first-order valence-corrected chi connectivity index (χ1v) is 10.6. The molecule has 5 rings (SSSR count). The van der Waals surface area contributed by atoms with Gasteiger partial charge in [0.2, 0.25) is 5.82 Å². The lowest BCUT2D eigenvalue weighted by atomic mass is 9.82. The summed E-state index contributed by atoms with van der Waals surface area (Å²) in [7, 11) is 0. The van der Waals surface area contributed by atoms with E-state index in [1.807, 2.05) is 11.0 Å². The molecule has 4 aromatic rings. The highest BCUT2D eigenvalue weighted by Crippen LogP contribution is 2.35. The third kappa shape index (κ3) is 4.28. The van der Waals surface area contributed by atoms with Crippen LogP contribution < -0.4 is 4.90 Å². The van der Waals surface area contributed by atoms with Crippen LogP contribution in [0.3, 0.4) is 0 Å². The van der Waals surface area contributed by atoms with Crippen molar-refractivity contribution in [3.63, 3.8) is 0 Å². The Morgan fingerprint density at radius 3 is 2.67 bits per heavy atom. The predicted octanol–water partition coefficient (Wildman–Crippen LogP) is 4.02. The minimum atomic E-state index is -4.69. The second-order valence-electron chi connectivity index (χ2n) is 7.69. The fourth-order valence-corrected chi connectivity index (χ4v) is 4.20. The Morgan fingerprint density at radius 2 is 2.00 bits per heavy atom. The van der Waals surface area contributed by atoms with Crippen LogP contribution in [-0.4, -0.2) is 43.5 Å². The molecule has 13 heteroatoms. The molecule has 1 saturated heterocycles. The number of rotatable bonds is 6. The Kier molecular flexibility index (Phi) is 5.29. The molecule has 0 amide bonds. The average Bonchev–Trinajstić information content (AvgIpc) is 3.46. The maximum Gasteiger partial charge on any atom is 0.471 e. The van der Waals surface area contributed by atoms with Gasteiger partial charge in [0.15, 0.2) is 11.6 Å². The van der Waals surface area contributed by atoms with Crippen molar-refractivity contribution in [1.29, 1.82) is 0 Å². The van der Waals surface area contributed by atoms with Gasteiger partial charge in [0.1, 0.15) is 0 Å². The quantitative estimate of drug-likeness (QED) is 0.409. The summed E-state index contributed by atoms with van der Waals surface area (Å²) in [5, 5.41) is 11.9. The summed E-state index contributed by atoms with van der Waals surface area (Å²) in [6, 6.07) is 5.37. The Hall–Kier alpha value is -3.45. The van der Waals surface area contributed by atoms with Crippen molar-refractivity contribution in [3.05, 3.63) is 59.3 Å². The summed E-state index contributed by atoms with van der Waals surface area (Å²) < 4.78 is 48.1. The zero-order valence-electron chi connectivity index (χ0n) is 17.2. The van der Waals surface area contributed by atoms with Crippen LogP contribution in [0.25, 0.3) is 10.7 Å². The highest BCUT2D eigenvalue weighted by molar-refractivity contribution is 7.15. The van der Waals surface area contributed by atoms with E-state index in [0.29, 0.717) is 36.3 Å². The molecule has 0 aromatic carbocycles. The zero-order valence-corrected chi connectivity index (χ0v) is 18.0. The third-order valence-corrected chi connectivity index (χ3v) is 6.21. The Balaban J connectivity index is 1.45. The standard InChI is InChI=1S/C20H16F3N7O2S/c1-19(10-31-11-19)12-6-15(28-26-7-12)30(16-8-24-4-5-25-16)9-13-2-3-14(33-13)17-27-18(32-29-17)20(21,22)23/h2-8H,9-11H2,1H3. The van der Waals surface area contributed by atoms with Crippen molar-refractivity contribution in [2.24, 2.45) is 0 Å². The van der Waals surface area contributed by atoms with E-state index in [1.165, 1.54) is 11.3 Å². The third-order valence-electron chi connectivity index (χ3n) is 5.15. The van der Waals surface area contributed by atoms with Gasteiger partial charge in [0.05, 0.1) is 37.0 Å². The second kappa shape index (κ2) is 8.15. The van der Waals surface area contributed by atoms with E-state index in [1.54, 1.807) is 36.9 Å². The van der Waals surface area contributed by atoms with Gasteiger partial charge in [-0.2, -0.15) is 23.3 Å². The number of thiophene rings is 1. The largest absolute Gasteiger partial charge is 0.471 e. The summed E-state index contributed by atoms with van der Waals surface area (Å²) in [4.78, 5) is 15.1. The van der Waals surface area contributed by atoms with Crippen molar-refractivity contribution in [2.45, 2.75) is 25.1 Å². The lowest BCUT2D eigenvalue weighted by molar-refractivity contribution is -0.159. The summed E-state index contributed by atoms with van der Waals surface area (Å²) in [5.41, 5.74) is 0.856. The summed E-state index contributed by atoms with van der Waals surface area (Å²) in [6.45, 7) is 3.62. The first kappa shape index (κ1) is 21.4. The fraction of sp³-hybridized carbons (Fsp3) is 0.300. The smallest absolute Gasteiger partial charge is 0.379 e. The number of nitrogens with zero attached hydrogens (tertiary/aromatic N) is 7. The van der Waals surface area contributed by atoms with Crippen LogP contribution in [0.15, 0.2) is 47.5 Å². The number of hydrogen-bond donors (Lipinski definition) is 0. The van der Waals surface area contributed by atoms with Gasteiger partial charge in [-0.05, 0) is 23.8 Å². The van der Waals surface area contributed by atoms with Crippen LogP contribution in [0, 0.1) is 0 Å². The number of halogens is 3. The maximum absolute atomic E-state index is 12.8. The first-order valence-electron chi connectivity index (χ1n) is 9.76. The molecular formula is C20H16F3N7O2S. The molecule has 0 saturated carbocycles. The van der Waals surface area contributed by atoms with E-state index in [4.69, 9.17) is 4.74 Å². The fourth-order valence-electron chi connectivity index (χ4n) is 3.28. The van der Waals surface area contributed by atoms with Gasteiger partial charge in [-0.15, -0.1) is 16.4 Å². The van der Waals surface area contributed by atoms with E-state index in [2.05, 4.69) is 41.8 Å². The number of aromatic nitrogens is 6. The lowest BCUT2D eigenvalue weighted by Crippen LogP contribution is -2.44. The SMILES string of the molecule is CC1(c2cnnc(N(Cc3ccc(-c4noc(C(F)(F)F)n4)s3)c3cnccn3)c2)COC1. The molecule has 0 N–H and O–H groups in total. The Labute approximate surface area is 189 Å². The van der Waals surface area contributed by atoms with Crippen LogP contribution in [0.1, 0.15) is 23.3 Å². The molecule has 1 aliphatic heterocycles. The van der Waals surface area contributed by atoms with Crippen LogP contribution in [0.2, 0.25) is 0 Å². The molecule has 33 heavy (non-hydrogen) atoms. The van der Waals surface area contributed by atoms with E-state index < -0.39 is 12.1 Å². The maximum atomic E-state index is 12.8. The average molecular weight is 475 g/mol. The summed E-state index contributed by atoms with van der Waals surface area (Å²) in [5.74, 6) is -0.388. The van der Waals surface area contributed by atoms with E-state index >= 15 is 0 Å². The summed E-state index contributed by atoms with van der Waals surface area (Å²) in [6.07, 6.45) is 1.76. The highest BCUT2D eigenvalue weighted by Gasteiger charge is 2.39. The Morgan fingerprint density at radius 1 is 1.15 bits per heavy atom. The molecular weight excluding hydrogens is 459 g/mol. The zero-order chi connectivity index (χ0) is 23.1. The number of alkyl halides is 3. The van der Waals surface area contributed by atoms with Gasteiger partial charge in [-0.3, -0.25) is 4.98 Å². The summed E-state index contributed by atoms with van der Waals surface area (Å²) >= 11 is 1.24. The van der Waals surface area contributed by atoms with Gasteiger partial charge in [0.25, 0.3) is 0 Å². The number of anilines is 2. The molecule has 0 spiro atoms. The lowest BCUT2D eigenvalue weighted by Gasteiger charge is -2.38. The van der Waals surface area contributed by atoms with Gasteiger partial charge in [0, 0.05) is 22.7 Å². The predicted molar refractivity (Wildman–Crippen MR) is 111 cm³/mol. The van der Waals surface area contributed by atoms with Gasteiger partial charge in [-0.1, -0.05) is 12.1 Å². The molecule has 9 nitrogen and oxygen atoms in total. The van der Waals surface area contributed by atoms with Crippen molar-refractivity contribution in [3.8, 4) is 10.7 Å². The van der Waals surface area contributed by atoms with E-state index in [-0.39, 0.29) is 11.2 Å². The van der Waals surface area contributed by atoms with Crippen molar-refractivity contribution >= 4 is 23.0 Å². The van der Waals surface area contributed by atoms with Crippen molar-refractivity contribution in [1.82, 2.24) is 30.3 Å². The topological polar surface area (TPSA) is 103 Å². The number of ether oxygens (including phenoxy) is 1. The molecule has 4 aromatic heterocycles. The molecule has 1 fully saturated rings. The Bertz CT molecular complexity index is 1260. The minimum absolute atomic E-state index is 0.121. The highest BCUT2D eigenvalue weighted by atomic mass is 32.1. The molecule has 1 aliphatic rings. The molecule has 0 radical (unpaired) electrons. The van der Waals surface area contributed by atoms with E-state index in [9.17, 15) is 13.2 Å². The minimum Gasteiger partial charge on any atom is -0.379 e. The number of hydrogen-bond acceptors (Lipinski definition) is 10. The van der Waals surface area contributed by atoms with Crippen molar-refractivity contribution in [2.75, 3.05) is 18.1 Å². The van der Waals surface area contributed by atoms with Crippen LogP contribution in [0.4, 0.5) is 24.8 Å². The van der Waals surface area contributed by atoms with Gasteiger partial charge >= 0.3 is 12.1 Å². The van der Waals surface area contributed by atoms with Gasteiger partial charge < -0.3 is 14.2 Å². The van der Waals surface area contributed by atoms with Crippen LogP contribution >= 0.6 is 11.3 Å². The van der Waals surface area contributed by atoms with Crippen molar-refractivity contribution < 1.29 is 22.4 Å². The molecule has 0 aliphatic carbocycles. The van der Waals surface area contributed by atoms with Crippen LogP contribution in [0.5, 0.6) is 0 Å². The normalized spacial score (nSPS) is 15.3. The molecule has 0 atom stereocenters. The molecule has 170 valence electrons. The van der Waals surface area contributed by atoms with Gasteiger partial charge in [-0.25, -0.2) is 4.98 Å². The second-order valence-corrected chi connectivity index (χ2v) is 8.86. The first-order chi connectivity index (χ1) is 15.8. The molecule has 5 heterocycles. The molecule has 0 bridgehead atoms. The monoisotopic (exact) mass is 475 g/mol. The van der Waals surface area contributed by atoms with E-state index in [0.717, 1.165) is 10.4 Å².